The zero-order valence-corrected chi connectivity index (χ0v) is 11.4. The molecule has 0 saturated carbocycles. The van der Waals surface area contributed by atoms with Crippen molar-refractivity contribution in [3.05, 3.63) is 40.2 Å². The first-order valence-electron chi connectivity index (χ1n) is 5.59. The minimum Gasteiger partial charge on any atom is -0.285 e. The Morgan fingerprint density at radius 2 is 1.94 bits per heavy atom. The van der Waals surface area contributed by atoms with Crippen LogP contribution >= 0.6 is 11.3 Å². The summed E-state index contributed by atoms with van der Waals surface area (Å²) < 4.78 is 0. The third-order valence-corrected chi connectivity index (χ3v) is 3.28. The average molecular weight is 261 g/mol. The summed E-state index contributed by atoms with van der Waals surface area (Å²) in [5, 5.41) is 2.52. The van der Waals surface area contributed by atoms with Crippen LogP contribution in [0.15, 0.2) is 30.3 Å². The number of hydrogen-bond acceptors (Lipinski definition) is 4. The molecule has 0 radical (unpaired) electrons. The van der Waals surface area contributed by atoms with Gasteiger partial charge < -0.3 is 0 Å². The molecule has 0 aliphatic carbocycles. The second-order valence-electron chi connectivity index (χ2n) is 4.11. The molecule has 2 aromatic rings. The molecule has 1 amide bonds. The Hall–Kier alpha value is -1.72. The van der Waals surface area contributed by atoms with Crippen LogP contribution in [0.3, 0.4) is 0 Å². The lowest BCUT2D eigenvalue weighted by atomic mass is 10.1. The van der Waals surface area contributed by atoms with E-state index >= 15 is 0 Å². The second-order valence-corrected chi connectivity index (χ2v) is 5.32. The smallest absolute Gasteiger partial charge is 0.277 e. The number of carbonyl (C=O) groups excluding carboxylic acids is 1. The lowest BCUT2D eigenvalue weighted by Crippen LogP contribution is -2.35. The summed E-state index contributed by atoms with van der Waals surface area (Å²) in [7, 11) is 3.57. The maximum atomic E-state index is 12.1. The van der Waals surface area contributed by atoms with Gasteiger partial charge in [-0.3, -0.25) is 10.2 Å². The molecule has 0 aliphatic rings. The van der Waals surface area contributed by atoms with Gasteiger partial charge in [-0.1, -0.05) is 30.3 Å². The molecular weight excluding hydrogens is 246 g/mol. The number of thiazole rings is 1. The molecule has 1 aromatic heterocycles. The van der Waals surface area contributed by atoms with Crippen LogP contribution in [0.2, 0.25) is 0 Å². The van der Waals surface area contributed by atoms with Crippen molar-refractivity contribution in [2.45, 2.75) is 6.92 Å². The van der Waals surface area contributed by atoms with E-state index in [-0.39, 0.29) is 5.91 Å². The Morgan fingerprint density at radius 3 is 2.56 bits per heavy atom. The van der Waals surface area contributed by atoms with Crippen molar-refractivity contribution in [3.63, 3.8) is 0 Å². The lowest BCUT2D eigenvalue weighted by Gasteiger charge is -2.11. The Balaban J connectivity index is 2.40. The summed E-state index contributed by atoms with van der Waals surface area (Å²) in [6.45, 7) is 1.91. The number of hydrogen-bond donors (Lipinski definition) is 1. The zero-order valence-electron chi connectivity index (χ0n) is 10.6. The maximum Gasteiger partial charge on any atom is 0.277 e. The van der Waals surface area contributed by atoms with Gasteiger partial charge in [-0.2, -0.15) is 0 Å². The first-order chi connectivity index (χ1) is 8.58. The normalized spacial score (nSPS) is 10.7. The Bertz CT molecular complexity index is 549. The fraction of sp³-hybridized carbons (Fsp3) is 0.231. The van der Waals surface area contributed by atoms with E-state index in [1.54, 1.807) is 19.1 Å². The summed E-state index contributed by atoms with van der Waals surface area (Å²) in [5.41, 5.74) is 4.46. The van der Waals surface area contributed by atoms with Gasteiger partial charge in [-0.15, -0.1) is 11.3 Å². The van der Waals surface area contributed by atoms with E-state index in [2.05, 4.69) is 10.4 Å². The molecule has 0 aliphatic heterocycles. The molecule has 5 heteroatoms. The number of rotatable bonds is 3. The maximum absolute atomic E-state index is 12.1. The summed E-state index contributed by atoms with van der Waals surface area (Å²) in [6, 6.07) is 9.75. The predicted molar refractivity (Wildman–Crippen MR) is 73.4 cm³/mol. The van der Waals surface area contributed by atoms with Crippen molar-refractivity contribution in [2.75, 3.05) is 14.1 Å². The largest absolute Gasteiger partial charge is 0.285 e. The average Bonchev–Trinajstić information content (AvgIpc) is 2.72. The highest BCUT2D eigenvalue weighted by Crippen LogP contribution is 2.27. The van der Waals surface area contributed by atoms with E-state index in [9.17, 15) is 4.79 Å². The van der Waals surface area contributed by atoms with Gasteiger partial charge in [0.25, 0.3) is 5.91 Å². The van der Waals surface area contributed by atoms with E-state index in [1.165, 1.54) is 11.3 Å². The summed E-state index contributed by atoms with van der Waals surface area (Å²) in [6.07, 6.45) is 0. The SMILES string of the molecule is Cc1nc(-c2ccccc2)c(C(=O)NN(C)C)s1. The Morgan fingerprint density at radius 1 is 1.28 bits per heavy atom. The Labute approximate surface area is 110 Å². The third-order valence-electron chi connectivity index (χ3n) is 2.31. The van der Waals surface area contributed by atoms with Crippen LogP contribution in [0.25, 0.3) is 11.3 Å². The number of aryl methyl sites for hydroxylation is 1. The fourth-order valence-electron chi connectivity index (χ4n) is 1.63. The number of carbonyl (C=O) groups is 1. The van der Waals surface area contributed by atoms with Crippen LogP contribution < -0.4 is 5.43 Å². The summed E-state index contributed by atoms with van der Waals surface area (Å²) >= 11 is 1.41. The topological polar surface area (TPSA) is 45.2 Å². The van der Waals surface area contributed by atoms with Gasteiger partial charge in [0.05, 0.1) is 10.7 Å². The molecule has 94 valence electrons. The van der Waals surface area contributed by atoms with Crippen molar-refractivity contribution in [1.29, 1.82) is 0 Å². The standard InChI is InChI=1S/C13H15N3OS/c1-9-14-11(10-7-5-4-6-8-10)12(18-9)13(17)15-16(2)3/h4-8H,1-3H3,(H,15,17). The Kier molecular flexibility index (Phi) is 3.74. The van der Waals surface area contributed by atoms with Gasteiger partial charge in [-0.25, -0.2) is 9.99 Å². The van der Waals surface area contributed by atoms with Gasteiger partial charge in [-0.05, 0) is 6.92 Å². The minimum absolute atomic E-state index is 0.121. The molecule has 1 aromatic carbocycles. The van der Waals surface area contributed by atoms with Crippen molar-refractivity contribution in [3.8, 4) is 11.3 Å². The highest BCUT2D eigenvalue weighted by Gasteiger charge is 2.18. The predicted octanol–water partition coefficient (Wildman–Crippen LogP) is 2.32. The molecule has 0 saturated heterocycles. The molecule has 1 N–H and O–H groups in total. The zero-order chi connectivity index (χ0) is 13.1. The second kappa shape index (κ2) is 5.29. The van der Waals surface area contributed by atoms with Crippen molar-refractivity contribution in [1.82, 2.24) is 15.4 Å². The van der Waals surface area contributed by atoms with Gasteiger partial charge in [0.1, 0.15) is 4.88 Å². The van der Waals surface area contributed by atoms with Crippen LogP contribution in [-0.4, -0.2) is 30.0 Å². The quantitative estimate of drug-likeness (QED) is 0.862. The number of amides is 1. The van der Waals surface area contributed by atoms with Crippen LogP contribution in [-0.2, 0) is 0 Å². The molecule has 18 heavy (non-hydrogen) atoms. The third kappa shape index (κ3) is 2.75. The lowest BCUT2D eigenvalue weighted by molar-refractivity contribution is 0.0862. The highest BCUT2D eigenvalue weighted by molar-refractivity contribution is 7.14. The molecule has 1 heterocycles. The molecule has 0 bridgehead atoms. The van der Waals surface area contributed by atoms with Crippen molar-refractivity contribution < 1.29 is 4.79 Å². The van der Waals surface area contributed by atoms with E-state index < -0.39 is 0 Å². The van der Waals surface area contributed by atoms with E-state index in [0.29, 0.717) is 4.88 Å². The first kappa shape index (κ1) is 12.7. The van der Waals surface area contributed by atoms with Crippen LogP contribution in [0.1, 0.15) is 14.7 Å². The van der Waals surface area contributed by atoms with E-state index in [1.807, 2.05) is 37.3 Å². The minimum atomic E-state index is -0.121. The van der Waals surface area contributed by atoms with Crippen LogP contribution in [0.4, 0.5) is 0 Å². The molecule has 0 atom stereocenters. The summed E-state index contributed by atoms with van der Waals surface area (Å²) in [5.74, 6) is -0.121. The van der Waals surface area contributed by atoms with Gasteiger partial charge in [0.2, 0.25) is 0 Å². The van der Waals surface area contributed by atoms with Crippen molar-refractivity contribution in [2.24, 2.45) is 0 Å². The van der Waals surface area contributed by atoms with Gasteiger partial charge >= 0.3 is 0 Å². The first-order valence-corrected chi connectivity index (χ1v) is 6.40. The number of aromatic nitrogens is 1. The number of nitrogens with zero attached hydrogens (tertiary/aromatic N) is 2. The number of hydrazine groups is 1. The summed E-state index contributed by atoms with van der Waals surface area (Å²) in [4.78, 5) is 17.2. The fourth-order valence-corrected chi connectivity index (χ4v) is 2.46. The van der Waals surface area contributed by atoms with E-state index in [0.717, 1.165) is 16.3 Å². The monoisotopic (exact) mass is 261 g/mol. The van der Waals surface area contributed by atoms with Crippen molar-refractivity contribution >= 4 is 17.2 Å². The number of benzene rings is 1. The number of nitrogens with one attached hydrogen (secondary N) is 1. The molecular formula is C13H15N3OS. The molecule has 0 spiro atoms. The molecule has 4 nitrogen and oxygen atoms in total. The molecule has 0 unspecified atom stereocenters. The van der Waals surface area contributed by atoms with Crippen LogP contribution in [0, 0.1) is 6.92 Å². The van der Waals surface area contributed by atoms with Crippen LogP contribution in [0.5, 0.6) is 0 Å². The van der Waals surface area contributed by atoms with Gasteiger partial charge in [0, 0.05) is 19.7 Å². The van der Waals surface area contributed by atoms with Gasteiger partial charge in [0.15, 0.2) is 0 Å². The molecule has 0 fully saturated rings. The molecule has 2 rings (SSSR count). The van der Waals surface area contributed by atoms with E-state index in [4.69, 9.17) is 0 Å². The highest BCUT2D eigenvalue weighted by atomic mass is 32.1.